The van der Waals surface area contributed by atoms with Gasteiger partial charge in [-0.15, -0.1) is 0 Å². The minimum atomic E-state index is -0.215. The van der Waals surface area contributed by atoms with Crippen LogP contribution in [0.4, 0.5) is 0 Å². The van der Waals surface area contributed by atoms with Crippen molar-refractivity contribution >= 4 is 23.4 Å². The SMILES string of the molecule is Cc1ccc(C)c(OCCC(=O)N2CCC[C@H](CNC(=O)c3ccncc3Cl)C2)c1. The van der Waals surface area contributed by atoms with E-state index in [-0.39, 0.29) is 17.7 Å². The average Bonchev–Trinajstić information content (AvgIpc) is 2.75. The minimum absolute atomic E-state index is 0.0912. The van der Waals surface area contributed by atoms with Gasteiger partial charge >= 0.3 is 0 Å². The molecule has 1 N–H and O–H groups in total. The van der Waals surface area contributed by atoms with Crippen LogP contribution in [-0.2, 0) is 4.79 Å². The molecule has 160 valence electrons. The standard InChI is InChI=1S/C23H28ClN3O3/c1-16-5-6-17(2)21(12-16)30-11-8-22(28)27-10-3-4-18(15-27)13-26-23(29)19-7-9-25-14-20(19)24/h5-7,9,12,14,18H,3-4,8,10-11,13,15H2,1-2H3,(H,26,29)/t18-/m1/s1. The van der Waals surface area contributed by atoms with Crippen molar-refractivity contribution in [1.29, 1.82) is 0 Å². The summed E-state index contributed by atoms with van der Waals surface area (Å²) in [5, 5.41) is 3.26. The van der Waals surface area contributed by atoms with Gasteiger partial charge in [0.25, 0.3) is 5.91 Å². The first kappa shape index (κ1) is 22.1. The van der Waals surface area contributed by atoms with Gasteiger partial charge in [-0.05, 0) is 55.9 Å². The second-order valence-electron chi connectivity index (χ2n) is 7.78. The molecule has 1 aromatic carbocycles. The van der Waals surface area contributed by atoms with Gasteiger partial charge in [0.15, 0.2) is 0 Å². The normalized spacial score (nSPS) is 16.2. The van der Waals surface area contributed by atoms with E-state index < -0.39 is 0 Å². The lowest BCUT2D eigenvalue weighted by molar-refractivity contribution is -0.133. The number of halogens is 1. The fourth-order valence-corrected chi connectivity index (χ4v) is 3.82. The highest BCUT2D eigenvalue weighted by Gasteiger charge is 2.24. The molecular formula is C23H28ClN3O3. The molecule has 0 saturated carbocycles. The van der Waals surface area contributed by atoms with Gasteiger partial charge in [0, 0.05) is 32.0 Å². The average molecular weight is 430 g/mol. The van der Waals surface area contributed by atoms with E-state index in [4.69, 9.17) is 16.3 Å². The van der Waals surface area contributed by atoms with E-state index in [1.54, 1.807) is 12.3 Å². The molecule has 2 heterocycles. The van der Waals surface area contributed by atoms with Gasteiger partial charge in [0.1, 0.15) is 5.75 Å². The van der Waals surface area contributed by atoms with Crippen molar-refractivity contribution in [2.75, 3.05) is 26.2 Å². The van der Waals surface area contributed by atoms with E-state index in [2.05, 4.69) is 10.3 Å². The Labute approximate surface area is 182 Å². The number of pyridine rings is 1. The largest absolute Gasteiger partial charge is 0.493 e. The van der Waals surface area contributed by atoms with Crippen LogP contribution in [0.15, 0.2) is 36.7 Å². The summed E-state index contributed by atoms with van der Waals surface area (Å²) < 4.78 is 5.82. The number of aromatic nitrogens is 1. The fourth-order valence-electron chi connectivity index (χ4n) is 3.62. The third-order valence-corrected chi connectivity index (χ3v) is 5.66. The number of hydrogen-bond acceptors (Lipinski definition) is 4. The molecule has 30 heavy (non-hydrogen) atoms. The molecule has 0 radical (unpaired) electrons. The number of benzene rings is 1. The number of rotatable bonds is 7. The van der Waals surface area contributed by atoms with Crippen LogP contribution in [0, 0.1) is 19.8 Å². The van der Waals surface area contributed by atoms with E-state index in [9.17, 15) is 9.59 Å². The monoisotopic (exact) mass is 429 g/mol. The highest BCUT2D eigenvalue weighted by molar-refractivity contribution is 6.33. The predicted octanol–water partition coefficient (Wildman–Crippen LogP) is 3.79. The molecule has 0 aliphatic carbocycles. The highest BCUT2D eigenvalue weighted by Crippen LogP contribution is 2.20. The van der Waals surface area contributed by atoms with Gasteiger partial charge in [0.05, 0.1) is 23.6 Å². The Morgan fingerprint density at radius 1 is 1.30 bits per heavy atom. The van der Waals surface area contributed by atoms with E-state index in [0.29, 0.717) is 36.7 Å². The first-order chi connectivity index (χ1) is 14.4. The molecule has 2 amide bonds. The number of nitrogens with one attached hydrogen (secondary N) is 1. The molecule has 0 unspecified atom stereocenters. The van der Waals surface area contributed by atoms with Crippen molar-refractivity contribution in [3.63, 3.8) is 0 Å². The lowest BCUT2D eigenvalue weighted by Crippen LogP contribution is -2.44. The number of piperidine rings is 1. The van der Waals surface area contributed by atoms with Crippen molar-refractivity contribution in [2.24, 2.45) is 5.92 Å². The summed E-state index contributed by atoms with van der Waals surface area (Å²) >= 11 is 6.03. The van der Waals surface area contributed by atoms with E-state index >= 15 is 0 Å². The van der Waals surface area contributed by atoms with Gasteiger partial charge in [-0.2, -0.15) is 0 Å². The zero-order valence-corrected chi connectivity index (χ0v) is 18.2. The molecular weight excluding hydrogens is 402 g/mol. The van der Waals surface area contributed by atoms with Crippen LogP contribution in [0.5, 0.6) is 5.75 Å². The van der Waals surface area contributed by atoms with Crippen LogP contribution in [0.25, 0.3) is 0 Å². The maximum absolute atomic E-state index is 12.6. The Morgan fingerprint density at radius 3 is 2.93 bits per heavy atom. The number of carbonyl (C=O) groups excluding carboxylic acids is 2. The number of ether oxygens (including phenoxy) is 1. The Morgan fingerprint density at radius 2 is 2.13 bits per heavy atom. The smallest absolute Gasteiger partial charge is 0.252 e. The third kappa shape index (κ3) is 5.95. The van der Waals surface area contributed by atoms with Crippen molar-refractivity contribution in [3.05, 3.63) is 58.4 Å². The molecule has 1 saturated heterocycles. The second-order valence-corrected chi connectivity index (χ2v) is 8.19. The van der Waals surface area contributed by atoms with Crippen molar-refractivity contribution in [1.82, 2.24) is 15.2 Å². The lowest BCUT2D eigenvalue weighted by atomic mass is 9.97. The Bertz CT molecular complexity index is 903. The summed E-state index contributed by atoms with van der Waals surface area (Å²) in [6, 6.07) is 7.66. The summed E-state index contributed by atoms with van der Waals surface area (Å²) in [6.07, 6.45) is 5.26. The zero-order valence-electron chi connectivity index (χ0n) is 17.5. The Kier molecular flexibility index (Phi) is 7.69. The molecule has 1 aliphatic heterocycles. The third-order valence-electron chi connectivity index (χ3n) is 5.36. The number of hydrogen-bond donors (Lipinski definition) is 1. The van der Waals surface area contributed by atoms with Crippen molar-refractivity contribution < 1.29 is 14.3 Å². The predicted molar refractivity (Wildman–Crippen MR) is 117 cm³/mol. The van der Waals surface area contributed by atoms with Crippen molar-refractivity contribution in [3.8, 4) is 5.75 Å². The van der Waals surface area contributed by atoms with E-state index in [0.717, 1.165) is 36.3 Å². The highest BCUT2D eigenvalue weighted by atomic mass is 35.5. The molecule has 1 atom stereocenters. The van der Waals surface area contributed by atoms with Crippen LogP contribution in [0.3, 0.4) is 0 Å². The maximum Gasteiger partial charge on any atom is 0.252 e. The molecule has 3 rings (SSSR count). The molecule has 2 aromatic rings. The fraction of sp³-hybridized carbons (Fsp3) is 0.435. The number of carbonyl (C=O) groups is 2. The molecule has 1 aliphatic rings. The van der Waals surface area contributed by atoms with Crippen molar-refractivity contribution in [2.45, 2.75) is 33.1 Å². The van der Waals surface area contributed by atoms with E-state index in [1.807, 2.05) is 36.9 Å². The van der Waals surface area contributed by atoms with Crippen LogP contribution in [-0.4, -0.2) is 47.9 Å². The summed E-state index contributed by atoms with van der Waals surface area (Å²) in [4.78, 5) is 30.7. The van der Waals surface area contributed by atoms with Gasteiger partial charge < -0.3 is 15.0 Å². The lowest BCUT2D eigenvalue weighted by Gasteiger charge is -2.33. The maximum atomic E-state index is 12.6. The van der Waals surface area contributed by atoms with Gasteiger partial charge in [-0.1, -0.05) is 23.7 Å². The van der Waals surface area contributed by atoms with E-state index in [1.165, 1.54) is 6.20 Å². The molecule has 7 heteroatoms. The minimum Gasteiger partial charge on any atom is -0.493 e. The molecule has 0 spiro atoms. The summed E-state index contributed by atoms with van der Waals surface area (Å²) in [6.45, 7) is 6.30. The second kappa shape index (κ2) is 10.4. The van der Waals surface area contributed by atoms with Crippen LogP contribution in [0.2, 0.25) is 5.02 Å². The topological polar surface area (TPSA) is 71.5 Å². The first-order valence-electron chi connectivity index (χ1n) is 10.3. The van der Waals surface area contributed by atoms with Crippen LogP contribution < -0.4 is 10.1 Å². The van der Waals surface area contributed by atoms with Crippen LogP contribution in [0.1, 0.15) is 40.7 Å². The van der Waals surface area contributed by atoms with Gasteiger partial charge in [-0.25, -0.2) is 0 Å². The summed E-state index contributed by atoms with van der Waals surface area (Å²) in [7, 11) is 0. The Balaban J connectivity index is 1.44. The number of amides is 2. The number of aryl methyl sites for hydroxylation is 2. The molecule has 1 fully saturated rings. The number of nitrogens with zero attached hydrogens (tertiary/aromatic N) is 2. The van der Waals surface area contributed by atoms with Crippen LogP contribution >= 0.6 is 11.6 Å². The zero-order chi connectivity index (χ0) is 21.5. The van der Waals surface area contributed by atoms with Gasteiger partial charge in [0.2, 0.25) is 5.91 Å². The Hall–Kier alpha value is -2.60. The molecule has 1 aromatic heterocycles. The quantitative estimate of drug-likeness (QED) is 0.726. The number of likely N-dealkylation sites (tertiary alicyclic amines) is 1. The first-order valence-corrected chi connectivity index (χ1v) is 10.7. The molecule has 6 nitrogen and oxygen atoms in total. The summed E-state index contributed by atoms with van der Waals surface area (Å²) in [5.41, 5.74) is 2.62. The van der Waals surface area contributed by atoms with Gasteiger partial charge in [-0.3, -0.25) is 14.6 Å². The summed E-state index contributed by atoms with van der Waals surface area (Å²) in [5.74, 6) is 0.935. The molecule has 0 bridgehead atoms.